The Morgan fingerprint density at radius 3 is 2.81 bits per heavy atom. The third-order valence-corrected chi connectivity index (χ3v) is 4.90. The van der Waals surface area contributed by atoms with Crippen molar-refractivity contribution < 1.29 is 13.9 Å². The van der Waals surface area contributed by atoms with Crippen LogP contribution in [0.3, 0.4) is 0 Å². The molecule has 3 rings (SSSR count). The highest BCUT2D eigenvalue weighted by molar-refractivity contribution is 7.17. The van der Waals surface area contributed by atoms with Crippen molar-refractivity contribution in [2.75, 3.05) is 12.8 Å². The van der Waals surface area contributed by atoms with Crippen LogP contribution in [0, 0.1) is 5.92 Å². The number of furan rings is 1. The van der Waals surface area contributed by atoms with Gasteiger partial charge in [-0.2, -0.15) is 0 Å². The van der Waals surface area contributed by atoms with Crippen molar-refractivity contribution in [3.8, 4) is 11.5 Å². The molecule has 0 aromatic carbocycles. The van der Waals surface area contributed by atoms with Crippen LogP contribution in [-0.2, 0) is 4.74 Å². The Labute approximate surface area is 127 Å². The molecule has 1 fully saturated rings. The molecule has 2 N–H and O–H groups in total. The van der Waals surface area contributed by atoms with E-state index in [9.17, 15) is 4.79 Å². The van der Waals surface area contributed by atoms with Gasteiger partial charge in [0.1, 0.15) is 10.6 Å². The number of carbonyl (C=O) groups excluding carboxylic acids is 1. The van der Waals surface area contributed by atoms with Gasteiger partial charge in [0.2, 0.25) is 0 Å². The standard InChI is InChI=1S/C15H18N2O3S/c1-19-10-6-4-9(5-7-10)13(18)14-12(17-15(16)21-14)11-3-2-8-20-11/h2-3,8-10H,4-7H2,1H3,(H2,16,17). The van der Waals surface area contributed by atoms with Crippen LogP contribution in [-0.4, -0.2) is 24.0 Å². The molecule has 0 spiro atoms. The van der Waals surface area contributed by atoms with Crippen molar-refractivity contribution in [3.05, 3.63) is 23.3 Å². The van der Waals surface area contributed by atoms with Gasteiger partial charge in [0.25, 0.3) is 0 Å². The molecule has 0 saturated heterocycles. The number of ether oxygens (including phenoxy) is 1. The smallest absolute Gasteiger partial charge is 0.181 e. The molecule has 0 amide bonds. The monoisotopic (exact) mass is 306 g/mol. The summed E-state index contributed by atoms with van der Waals surface area (Å²) in [4.78, 5) is 17.6. The number of hydrogen-bond acceptors (Lipinski definition) is 6. The lowest BCUT2D eigenvalue weighted by atomic mass is 9.84. The molecule has 0 bridgehead atoms. The molecule has 0 atom stereocenters. The first-order chi connectivity index (χ1) is 10.2. The van der Waals surface area contributed by atoms with Gasteiger partial charge in [-0.1, -0.05) is 11.3 Å². The number of rotatable bonds is 4. The van der Waals surface area contributed by atoms with Gasteiger partial charge in [-0.25, -0.2) is 4.98 Å². The zero-order valence-corrected chi connectivity index (χ0v) is 12.7. The van der Waals surface area contributed by atoms with Crippen LogP contribution in [0.4, 0.5) is 5.13 Å². The van der Waals surface area contributed by atoms with Crippen molar-refractivity contribution in [2.24, 2.45) is 5.92 Å². The van der Waals surface area contributed by atoms with Gasteiger partial charge in [0, 0.05) is 13.0 Å². The topological polar surface area (TPSA) is 78.4 Å². The highest BCUT2D eigenvalue weighted by atomic mass is 32.1. The predicted molar refractivity (Wildman–Crippen MR) is 81.3 cm³/mol. The van der Waals surface area contributed by atoms with E-state index in [0.29, 0.717) is 21.5 Å². The van der Waals surface area contributed by atoms with E-state index >= 15 is 0 Å². The van der Waals surface area contributed by atoms with Crippen LogP contribution < -0.4 is 5.73 Å². The number of nitrogens with zero attached hydrogens (tertiary/aromatic N) is 1. The number of nitrogen functional groups attached to an aromatic ring is 1. The molecule has 1 saturated carbocycles. The van der Waals surface area contributed by atoms with Gasteiger partial charge in [-0.15, -0.1) is 0 Å². The first-order valence-electron chi connectivity index (χ1n) is 7.06. The van der Waals surface area contributed by atoms with Gasteiger partial charge >= 0.3 is 0 Å². The molecule has 2 aromatic rings. The van der Waals surface area contributed by atoms with Gasteiger partial charge in [-0.05, 0) is 37.8 Å². The molecule has 1 aliphatic carbocycles. The Morgan fingerprint density at radius 1 is 1.43 bits per heavy atom. The van der Waals surface area contributed by atoms with Crippen molar-refractivity contribution in [3.63, 3.8) is 0 Å². The minimum Gasteiger partial charge on any atom is -0.463 e. The van der Waals surface area contributed by atoms with Crippen LogP contribution >= 0.6 is 11.3 Å². The number of nitrogens with two attached hydrogens (primary N) is 1. The summed E-state index contributed by atoms with van der Waals surface area (Å²) in [5, 5.41) is 0.398. The maximum Gasteiger partial charge on any atom is 0.181 e. The first-order valence-corrected chi connectivity index (χ1v) is 7.88. The van der Waals surface area contributed by atoms with E-state index in [1.165, 1.54) is 11.3 Å². The van der Waals surface area contributed by atoms with Crippen LogP contribution in [0.15, 0.2) is 22.8 Å². The second-order valence-corrected chi connectivity index (χ2v) is 6.31. The van der Waals surface area contributed by atoms with E-state index in [4.69, 9.17) is 14.9 Å². The molecule has 6 heteroatoms. The molecule has 0 unspecified atom stereocenters. The fraction of sp³-hybridized carbons (Fsp3) is 0.467. The lowest BCUT2D eigenvalue weighted by Gasteiger charge is -2.26. The summed E-state index contributed by atoms with van der Waals surface area (Å²) < 4.78 is 10.7. The zero-order valence-electron chi connectivity index (χ0n) is 11.9. The highest BCUT2D eigenvalue weighted by Crippen LogP contribution is 2.35. The van der Waals surface area contributed by atoms with Gasteiger partial charge in [-0.3, -0.25) is 4.79 Å². The maximum absolute atomic E-state index is 12.8. The molecular weight excluding hydrogens is 288 g/mol. The van der Waals surface area contributed by atoms with E-state index in [1.807, 2.05) is 0 Å². The Bertz CT molecular complexity index is 613. The second kappa shape index (κ2) is 5.99. The number of Topliss-reactive ketones (excluding diaryl/α,β-unsaturated/α-hetero) is 1. The van der Waals surface area contributed by atoms with E-state index in [2.05, 4.69) is 4.98 Å². The predicted octanol–water partition coefficient (Wildman–Crippen LogP) is 3.37. The quantitative estimate of drug-likeness (QED) is 0.876. The number of methoxy groups -OCH3 is 1. The van der Waals surface area contributed by atoms with E-state index in [1.54, 1.807) is 25.5 Å². The van der Waals surface area contributed by atoms with Crippen LogP contribution in [0.1, 0.15) is 35.4 Å². The Balaban J connectivity index is 1.82. The Kier molecular flexibility index (Phi) is 4.07. The van der Waals surface area contributed by atoms with E-state index in [-0.39, 0.29) is 17.8 Å². The number of carbonyl (C=O) groups is 1. The van der Waals surface area contributed by atoms with Crippen LogP contribution in [0.5, 0.6) is 0 Å². The average Bonchev–Trinajstić information content (AvgIpc) is 3.15. The first kappa shape index (κ1) is 14.3. The van der Waals surface area contributed by atoms with Crippen molar-refractivity contribution in [2.45, 2.75) is 31.8 Å². The number of ketones is 1. The highest BCUT2D eigenvalue weighted by Gasteiger charge is 2.30. The summed E-state index contributed by atoms with van der Waals surface area (Å²) in [6, 6.07) is 3.58. The second-order valence-electron chi connectivity index (χ2n) is 5.28. The lowest BCUT2D eigenvalue weighted by Crippen LogP contribution is -2.25. The Hall–Kier alpha value is -1.66. The van der Waals surface area contributed by atoms with Crippen molar-refractivity contribution in [1.29, 1.82) is 0 Å². The summed E-state index contributed by atoms with van der Waals surface area (Å²) in [5.41, 5.74) is 6.36. The van der Waals surface area contributed by atoms with E-state index in [0.717, 1.165) is 25.7 Å². The lowest BCUT2D eigenvalue weighted by molar-refractivity contribution is 0.0521. The number of aromatic nitrogens is 1. The van der Waals surface area contributed by atoms with Crippen LogP contribution in [0.2, 0.25) is 0 Å². The third kappa shape index (κ3) is 2.87. The molecule has 1 aliphatic rings. The number of thiazole rings is 1. The number of anilines is 1. The average molecular weight is 306 g/mol. The summed E-state index contributed by atoms with van der Waals surface area (Å²) in [5.74, 6) is 0.756. The van der Waals surface area contributed by atoms with Gasteiger partial charge in [0.15, 0.2) is 16.7 Å². The minimum atomic E-state index is 0.0324. The molecule has 2 aromatic heterocycles. The Morgan fingerprint density at radius 2 is 2.19 bits per heavy atom. The maximum atomic E-state index is 12.8. The molecule has 112 valence electrons. The largest absolute Gasteiger partial charge is 0.463 e. The molecular formula is C15H18N2O3S. The van der Waals surface area contributed by atoms with Crippen LogP contribution in [0.25, 0.3) is 11.5 Å². The summed E-state index contributed by atoms with van der Waals surface area (Å²) in [7, 11) is 1.73. The molecule has 21 heavy (non-hydrogen) atoms. The fourth-order valence-electron chi connectivity index (χ4n) is 2.83. The summed E-state index contributed by atoms with van der Waals surface area (Å²) in [6.45, 7) is 0. The molecule has 0 radical (unpaired) electrons. The third-order valence-electron chi connectivity index (χ3n) is 4.00. The fourth-order valence-corrected chi connectivity index (χ4v) is 3.69. The number of hydrogen-bond donors (Lipinski definition) is 1. The molecule has 5 nitrogen and oxygen atoms in total. The SMILES string of the molecule is COC1CCC(C(=O)c2sc(N)nc2-c2ccco2)CC1. The normalized spacial score (nSPS) is 22.3. The van der Waals surface area contributed by atoms with E-state index < -0.39 is 0 Å². The summed E-state index contributed by atoms with van der Waals surface area (Å²) in [6.07, 6.45) is 5.42. The van der Waals surface area contributed by atoms with Gasteiger partial charge < -0.3 is 14.9 Å². The minimum absolute atomic E-state index is 0.0324. The van der Waals surface area contributed by atoms with Crippen molar-refractivity contribution >= 4 is 22.3 Å². The summed E-state index contributed by atoms with van der Waals surface area (Å²) >= 11 is 1.25. The molecule has 2 heterocycles. The molecule has 0 aliphatic heterocycles. The zero-order chi connectivity index (χ0) is 14.8. The van der Waals surface area contributed by atoms with Gasteiger partial charge in [0.05, 0.1) is 12.4 Å². The van der Waals surface area contributed by atoms with Crippen molar-refractivity contribution in [1.82, 2.24) is 4.98 Å².